The fraction of sp³-hybridized carbons (Fsp3) is 0.250. The van der Waals surface area contributed by atoms with Crippen molar-refractivity contribution in [2.24, 2.45) is 5.73 Å². The number of carbonyl (C=O) groups is 1. The molecule has 0 aliphatic carbocycles. The van der Waals surface area contributed by atoms with Gasteiger partial charge in [0.2, 0.25) is 0 Å². The van der Waals surface area contributed by atoms with Crippen molar-refractivity contribution < 1.29 is 28.0 Å². The Hall–Kier alpha value is -3.66. The Morgan fingerprint density at radius 2 is 2.03 bits per heavy atom. The van der Waals surface area contributed by atoms with Crippen molar-refractivity contribution >= 4 is 5.91 Å². The average molecular weight is 416 g/mol. The molecule has 1 amide bonds. The maximum absolute atomic E-state index is 13.8. The summed E-state index contributed by atoms with van der Waals surface area (Å²) >= 11 is 0. The number of benzene rings is 2. The van der Waals surface area contributed by atoms with Crippen molar-refractivity contribution in [2.75, 3.05) is 20.3 Å². The number of methoxy groups -OCH3 is 1. The topological polar surface area (TPSA) is 122 Å². The van der Waals surface area contributed by atoms with E-state index in [0.717, 1.165) is 0 Å². The highest BCUT2D eigenvalue weighted by Gasteiger charge is 2.13. The first-order valence-electron chi connectivity index (χ1n) is 9.05. The monoisotopic (exact) mass is 416 g/mol. The number of carbonyl (C=O) groups excluding carboxylic acids is 1. The lowest BCUT2D eigenvalue weighted by Crippen LogP contribution is -2.28. The van der Waals surface area contributed by atoms with Crippen LogP contribution in [-0.4, -0.2) is 36.5 Å². The molecule has 2 aromatic carbocycles. The second-order valence-corrected chi connectivity index (χ2v) is 6.23. The number of aryl methyl sites for hydroxylation is 1. The number of nitrogens with one attached hydrogen (secondary N) is 1. The third-order valence-electron chi connectivity index (χ3n) is 4.06. The molecule has 0 bridgehead atoms. The summed E-state index contributed by atoms with van der Waals surface area (Å²) in [4.78, 5) is 12.4. The molecule has 1 heterocycles. The number of rotatable bonds is 9. The van der Waals surface area contributed by atoms with Crippen LogP contribution < -0.4 is 25.3 Å². The number of hydrogen-bond acceptors (Lipinski definition) is 8. The van der Waals surface area contributed by atoms with Gasteiger partial charge in [-0.3, -0.25) is 4.79 Å². The molecule has 3 N–H and O–H groups in total. The smallest absolute Gasteiger partial charge is 0.278 e. The molecule has 30 heavy (non-hydrogen) atoms. The van der Waals surface area contributed by atoms with Crippen LogP contribution in [-0.2, 0) is 6.54 Å². The van der Waals surface area contributed by atoms with Crippen LogP contribution in [0.5, 0.6) is 23.1 Å². The summed E-state index contributed by atoms with van der Waals surface area (Å²) in [5.74, 6) is 0.357. The highest BCUT2D eigenvalue weighted by atomic mass is 19.1. The molecule has 3 rings (SSSR count). The minimum atomic E-state index is -0.474. The number of aromatic nitrogens is 2. The van der Waals surface area contributed by atoms with E-state index >= 15 is 0 Å². The second kappa shape index (κ2) is 9.70. The van der Waals surface area contributed by atoms with Crippen molar-refractivity contribution in [3.8, 4) is 23.1 Å². The molecule has 3 aromatic rings. The summed E-state index contributed by atoms with van der Waals surface area (Å²) in [6.45, 7) is 2.28. The van der Waals surface area contributed by atoms with E-state index < -0.39 is 5.82 Å². The Balaban J connectivity index is 1.66. The molecule has 0 atom stereocenters. The van der Waals surface area contributed by atoms with Gasteiger partial charge in [0.05, 0.1) is 13.7 Å². The van der Waals surface area contributed by atoms with E-state index in [1.165, 1.54) is 25.3 Å². The molecule has 0 aliphatic rings. The van der Waals surface area contributed by atoms with Crippen LogP contribution in [0.1, 0.15) is 21.6 Å². The number of halogens is 1. The number of hydrogen-bond donors (Lipinski definition) is 2. The Labute approximate surface area is 171 Å². The van der Waals surface area contributed by atoms with Crippen LogP contribution in [0.15, 0.2) is 41.0 Å². The van der Waals surface area contributed by atoms with Gasteiger partial charge in [-0.15, -0.1) is 0 Å². The molecule has 9 nitrogen and oxygen atoms in total. The van der Waals surface area contributed by atoms with Crippen LogP contribution in [0, 0.1) is 12.7 Å². The third kappa shape index (κ3) is 5.23. The lowest BCUT2D eigenvalue weighted by atomic mass is 10.1. The summed E-state index contributed by atoms with van der Waals surface area (Å²) in [6.07, 6.45) is 0. The van der Waals surface area contributed by atoms with Crippen LogP contribution in [0.2, 0.25) is 0 Å². The summed E-state index contributed by atoms with van der Waals surface area (Å²) in [6, 6.07) is 8.86. The summed E-state index contributed by atoms with van der Waals surface area (Å²) in [5, 5.41) is 9.91. The van der Waals surface area contributed by atoms with Crippen LogP contribution in [0.25, 0.3) is 0 Å². The molecule has 158 valence electrons. The molecule has 0 saturated heterocycles. The predicted molar refractivity (Wildman–Crippen MR) is 104 cm³/mol. The van der Waals surface area contributed by atoms with E-state index in [4.69, 9.17) is 19.9 Å². The zero-order valence-electron chi connectivity index (χ0n) is 16.5. The Morgan fingerprint density at radius 3 is 2.73 bits per heavy atom. The van der Waals surface area contributed by atoms with Gasteiger partial charge in [-0.2, -0.15) is 0 Å². The summed E-state index contributed by atoms with van der Waals surface area (Å²) < 4.78 is 34.7. The van der Waals surface area contributed by atoms with E-state index in [1.54, 1.807) is 25.1 Å². The fourth-order valence-electron chi connectivity index (χ4n) is 2.59. The highest BCUT2D eigenvalue weighted by Crippen LogP contribution is 2.33. The van der Waals surface area contributed by atoms with E-state index in [0.29, 0.717) is 22.6 Å². The number of nitrogens with two attached hydrogens (primary N) is 1. The number of ether oxygens (including phenoxy) is 3. The summed E-state index contributed by atoms with van der Waals surface area (Å²) in [5.41, 5.74) is 7.01. The van der Waals surface area contributed by atoms with Crippen molar-refractivity contribution in [2.45, 2.75) is 13.5 Å². The van der Waals surface area contributed by atoms with Gasteiger partial charge < -0.3 is 25.3 Å². The van der Waals surface area contributed by atoms with Crippen molar-refractivity contribution in [1.29, 1.82) is 0 Å². The Bertz CT molecular complexity index is 1020. The van der Waals surface area contributed by atoms with E-state index in [-0.39, 0.29) is 43.0 Å². The molecule has 0 saturated carbocycles. The van der Waals surface area contributed by atoms with Crippen LogP contribution in [0.3, 0.4) is 0 Å². The minimum Gasteiger partial charge on any atom is -0.493 e. The highest BCUT2D eigenvalue weighted by molar-refractivity contribution is 5.94. The van der Waals surface area contributed by atoms with E-state index in [9.17, 15) is 9.18 Å². The Kier molecular flexibility index (Phi) is 6.81. The van der Waals surface area contributed by atoms with E-state index in [1.807, 2.05) is 0 Å². The number of nitrogens with zero attached hydrogens (tertiary/aromatic N) is 2. The molecule has 0 fully saturated rings. The van der Waals surface area contributed by atoms with Gasteiger partial charge in [0.1, 0.15) is 23.9 Å². The average Bonchev–Trinajstić information content (AvgIpc) is 3.15. The van der Waals surface area contributed by atoms with E-state index in [2.05, 4.69) is 20.3 Å². The molecule has 1 aromatic heterocycles. The molecular formula is C20H21FN4O5. The lowest BCUT2D eigenvalue weighted by molar-refractivity contribution is 0.0946. The molecule has 0 unspecified atom stereocenters. The molecular weight excluding hydrogens is 395 g/mol. The van der Waals surface area contributed by atoms with Crippen molar-refractivity contribution in [1.82, 2.24) is 15.6 Å². The largest absolute Gasteiger partial charge is 0.493 e. The van der Waals surface area contributed by atoms with Gasteiger partial charge in [0, 0.05) is 18.2 Å². The van der Waals surface area contributed by atoms with Crippen molar-refractivity contribution in [3.63, 3.8) is 0 Å². The lowest BCUT2D eigenvalue weighted by Gasteiger charge is -2.13. The first kappa shape index (κ1) is 21.1. The fourth-order valence-corrected chi connectivity index (χ4v) is 2.59. The van der Waals surface area contributed by atoms with Gasteiger partial charge in [0.25, 0.3) is 11.8 Å². The molecule has 0 spiro atoms. The van der Waals surface area contributed by atoms with Crippen LogP contribution in [0.4, 0.5) is 4.39 Å². The predicted octanol–water partition coefficient (Wildman–Crippen LogP) is 2.59. The van der Waals surface area contributed by atoms with Gasteiger partial charge in [0.15, 0.2) is 11.5 Å². The second-order valence-electron chi connectivity index (χ2n) is 6.23. The molecule has 0 radical (unpaired) electrons. The zero-order valence-corrected chi connectivity index (χ0v) is 16.5. The first-order chi connectivity index (χ1) is 14.5. The Morgan fingerprint density at radius 1 is 1.20 bits per heavy atom. The maximum atomic E-state index is 13.8. The third-order valence-corrected chi connectivity index (χ3v) is 4.06. The molecule has 10 heteroatoms. The van der Waals surface area contributed by atoms with Gasteiger partial charge in [-0.05, 0) is 48.0 Å². The van der Waals surface area contributed by atoms with Crippen molar-refractivity contribution in [3.05, 3.63) is 59.0 Å². The van der Waals surface area contributed by atoms with Gasteiger partial charge in [-0.25, -0.2) is 9.02 Å². The molecule has 0 aliphatic heterocycles. The van der Waals surface area contributed by atoms with Gasteiger partial charge in [-0.1, -0.05) is 5.16 Å². The van der Waals surface area contributed by atoms with Gasteiger partial charge >= 0.3 is 0 Å². The first-order valence-corrected chi connectivity index (χ1v) is 9.05. The standard InChI is InChI=1S/C20H21FN4O5/c1-12-20(25-30-24-12)28-6-5-23-19(26)14-3-4-17(27-2)18(9-14)29-16-8-13(11-22)7-15(21)10-16/h3-4,7-10H,5-6,11,22H2,1-2H3,(H,23,26). The zero-order chi connectivity index (χ0) is 21.5. The SMILES string of the molecule is COc1ccc(C(=O)NCCOc2nonc2C)cc1Oc1cc(F)cc(CN)c1. The summed E-state index contributed by atoms with van der Waals surface area (Å²) in [7, 11) is 1.47. The number of amides is 1. The maximum Gasteiger partial charge on any atom is 0.278 e. The normalized spacial score (nSPS) is 10.5. The van der Waals surface area contributed by atoms with Crippen LogP contribution >= 0.6 is 0 Å². The minimum absolute atomic E-state index is 0.166. The quantitative estimate of drug-likeness (QED) is 0.511.